The van der Waals surface area contributed by atoms with Crippen molar-refractivity contribution in [3.8, 4) is 11.3 Å². The second-order valence-electron chi connectivity index (χ2n) is 10.5. The van der Waals surface area contributed by atoms with E-state index in [1.165, 1.54) is 16.5 Å². The fourth-order valence-electron chi connectivity index (χ4n) is 5.51. The predicted molar refractivity (Wildman–Crippen MR) is 141 cm³/mol. The SMILES string of the molecule is Cc1nc2c(-c3[nH]c4ccc(C5CCN(C(=O)CN(C)C)CC5)cc4c3C(C)C)ccc(C)n2n1. The molecule has 1 N–H and O–H groups in total. The van der Waals surface area contributed by atoms with Crippen molar-refractivity contribution in [3.63, 3.8) is 0 Å². The average molecular weight is 473 g/mol. The highest BCUT2D eigenvalue weighted by atomic mass is 16.2. The fraction of sp³-hybridized carbons (Fsp3) is 0.464. The van der Waals surface area contributed by atoms with Gasteiger partial charge in [-0.1, -0.05) is 19.9 Å². The Morgan fingerprint density at radius 3 is 2.57 bits per heavy atom. The van der Waals surface area contributed by atoms with Crippen LogP contribution in [0.5, 0.6) is 0 Å². The van der Waals surface area contributed by atoms with Gasteiger partial charge in [-0.15, -0.1) is 0 Å². The molecule has 1 aromatic carbocycles. The van der Waals surface area contributed by atoms with Crippen LogP contribution in [0, 0.1) is 13.8 Å². The second-order valence-corrected chi connectivity index (χ2v) is 10.5. The number of fused-ring (bicyclic) bond motifs is 2. The summed E-state index contributed by atoms with van der Waals surface area (Å²) < 4.78 is 1.94. The van der Waals surface area contributed by atoms with Crippen molar-refractivity contribution in [3.05, 3.63) is 53.0 Å². The van der Waals surface area contributed by atoms with Crippen molar-refractivity contribution in [2.75, 3.05) is 33.7 Å². The summed E-state index contributed by atoms with van der Waals surface area (Å²) in [6, 6.07) is 11.2. The smallest absolute Gasteiger partial charge is 0.236 e. The van der Waals surface area contributed by atoms with Gasteiger partial charge in [-0.25, -0.2) is 9.50 Å². The topological polar surface area (TPSA) is 69.5 Å². The molecular weight excluding hydrogens is 436 g/mol. The zero-order chi connectivity index (χ0) is 24.9. The highest BCUT2D eigenvalue weighted by Gasteiger charge is 2.25. The molecule has 3 aromatic heterocycles. The summed E-state index contributed by atoms with van der Waals surface area (Å²) >= 11 is 0. The molecule has 1 saturated heterocycles. The number of piperidine rings is 1. The van der Waals surface area contributed by atoms with Gasteiger partial charge in [0.1, 0.15) is 5.82 Å². The minimum Gasteiger partial charge on any atom is -0.354 e. The molecule has 0 spiro atoms. The van der Waals surface area contributed by atoms with Crippen molar-refractivity contribution in [1.82, 2.24) is 29.4 Å². The number of carbonyl (C=O) groups excluding carboxylic acids is 1. The van der Waals surface area contributed by atoms with Crippen LogP contribution in [0.15, 0.2) is 30.3 Å². The first-order valence-electron chi connectivity index (χ1n) is 12.6. The minimum atomic E-state index is 0.231. The second kappa shape index (κ2) is 9.11. The van der Waals surface area contributed by atoms with E-state index in [1.807, 2.05) is 35.3 Å². The van der Waals surface area contributed by atoms with E-state index in [9.17, 15) is 4.79 Å². The van der Waals surface area contributed by atoms with Crippen LogP contribution in [0.25, 0.3) is 27.8 Å². The van der Waals surface area contributed by atoms with E-state index in [1.54, 1.807) is 0 Å². The van der Waals surface area contributed by atoms with E-state index < -0.39 is 0 Å². The average Bonchev–Trinajstić information content (AvgIpc) is 3.39. The molecule has 4 heterocycles. The lowest BCUT2D eigenvalue weighted by Gasteiger charge is -2.33. The number of aromatic nitrogens is 4. The van der Waals surface area contributed by atoms with Gasteiger partial charge in [-0.05, 0) is 88.0 Å². The predicted octanol–water partition coefficient (Wildman–Crippen LogP) is 4.89. The number of aryl methyl sites for hydroxylation is 2. The van der Waals surface area contributed by atoms with Gasteiger partial charge in [0.15, 0.2) is 5.65 Å². The van der Waals surface area contributed by atoms with Crippen LogP contribution in [0.1, 0.15) is 61.2 Å². The van der Waals surface area contributed by atoms with Crippen molar-refractivity contribution >= 4 is 22.5 Å². The third kappa shape index (κ3) is 4.33. The Balaban J connectivity index is 1.50. The molecule has 0 saturated carbocycles. The number of likely N-dealkylation sites (tertiary alicyclic amines) is 1. The van der Waals surface area contributed by atoms with Crippen molar-refractivity contribution in [1.29, 1.82) is 0 Å². The van der Waals surface area contributed by atoms with E-state index in [0.29, 0.717) is 18.4 Å². The Labute approximate surface area is 207 Å². The Morgan fingerprint density at radius 2 is 1.89 bits per heavy atom. The molecule has 0 unspecified atom stereocenters. The van der Waals surface area contributed by atoms with Crippen LogP contribution >= 0.6 is 0 Å². The molecule has 1 fully saturated rings. The Hall–Kier alpha value is -3.19. The first-order chi connectivity index (χ1) is 16.7. The fourth-order valence-corrected chi connectivity index (χ4v) is 5.51. The maximum Gasteiger partial charge on any atom is 0.236 e. The first kappa shape index (κ1) is 23.5. The normalized spacial score (nSPS) is 15.3. The number of hydrogen-bond acceptors (Lipinski definition) is 4. The summed E-state index contributed by atoms with van der Waals surface area (Å²) in [5.41, 5.74) is 8.04. The Morgan fingerprint density at radius 1 is 1.14 bits per heavy atom. The number of benzene rings is 1. The van der Waals surface area contributed by atoms with Crippen LogP contribution in [0.4, 0.5) is 0 Å². The van der Waals surface area contributed by atoms with Crippen LogP contribution in [-0.2, 0) is 4.79 Å². The third-order valence-corrected chi connectivity index (χ3v) is 7.26. The van der Waals surface area contributed by atoms with Gasteiger partial charge in [0.05, 0.1) is 12.2 Å². The van der Waals surface area contributed by atoms with Crippen LogP contribution in [0.2, 0.25) is 0 Å². The van der Waals surface area contributed by atoms with Gasteiger partial charge in [-0.3, -0.25) is 4.79 Å². The maximum atomic E-state index is 12.5. The van der Waals surface area contributed by atoms with Crippen molar-refractivity contribution in [2.45, 2.75) is 52.4 Å². The molecule has 0 radical (unpaired) electrons. The number of nitrogens with zero attached hydrogens (tertiary/aromatic N) is 5. The number of aromatic amines is 1. The summed E-state index contributed by atoms with van der Waals surface area (Å²) in [5, 5.41) is 5.88. The zero-order valence-corrected chi connectivity index (χ0v) is 21.7. The van der Waals surface area contributed by atoms with Gasteiger partial charge < -0.3 is 14.8 Å². The minimum absolute atomic E-state index is 0.231. The van der Waals surface area contributed by atoms with Gasteiger partial charge in [0, 0.05) is 35.2 Å². The molecule has 1 amide bonds. The first-order valence-corrected chi connectivity index (χ1v) is 12.6. The zero-order valence-electron chi connectivity index (χ0n) is 21.7. The molecule has 0 aliphatic carbocycles. The summed E-state index contributed by atoms with van der Waals surface area (Å²) in [5.74, 6) is 1.84. The number of nitrogens with one attached hydrogen (secondary N) is 1. The molecule has 5 rings (SSSR count). The number of rotatable bonds is 5. The quantitative estimate of drug-likeness (QED) is 0.449. The highest BCUT2D eigenvalue weighted by molar-refractivity contribution is 5.94. The van der Waals surface area contributed by atoms with E-state index in [2.05, 4.69) is 61.2 Å². The molecule has 1 aliphatic heterocycles. The number of hydrogen-bond donors (Lipinski definition) is 1. The van der Waals surface area contributed by atoms with E-state index in [-0.39, 0.29) is 5.91 Å². The van der Waals surface area contributed by atoms with E-state index >= 15 is 0 Å². The number of amides is 1. The Kier molecular flexibility index (Phi) is 6.13. The van der Waals surface area contributed by atoms with Crippen LogP contribution in [-0.4, -0.2) is 69.0 Å². The van der Waals surface area contributed by atoms with Crippen molar-refractivity contribution < 1.29 is 4.79 Å². The van der Waals surface area contributed by atoms with E-state index in [0.717, 1.165) is 59.9 Å². The summed E-state index contributed by atoms with van der Waals surface area (Å²) in [7, 11) is 3.90. The summed E-state index contributed by atoms with van der Waals surface area (Å²) in [4.78, 5) is 24.9. The molecule has 4 aromatic rings. The third-order valence-electron chi connectivity index (χ3n) is 7.26. The molecule has 1 aliphatic rings. The van der Waals surface area contributed by atoms with Gasteiger partial charge >= 0.3 is 0 Å². The molecular formula is C28H36N6O. The van der Waals surface area contributed by atoms with Gasteiger partial charge in [-0.2, -0.15) is 5.10 Å². The summed E-state index contributed by atoms with van der Waals surface area (Å²) in [6.07, 6.45) is 2.02. The summed E-state index contributed by atoms with van der Waals surface area (Å²) in [6.45, 7) is 10.7. The highest BCUT2D eigenvalue weighted by Crippen LogP contribution is 2.39. The largest absolute Gasteiger partial charge is 0.354 e. The monoisotopic (exact) mass is 472 g/mol. The number of H-pyrrole nitrogens is 1. The lowest BCUT2D eigenvalue weighted by atomic mass is 9.87. The van der Waals surface area contributed by atoms with Crippen LogP contribution < -0.4 is 0 Å². The molecule has 0 atom stereocenters. The number of likely N-dealkylation sites (N-methyl/N-ethyl adjacent to an activating group) is 1. The molecule has 7 nitrogen and oxygen atoms in total. The molecule has 35 heavy (non-hydrogen) atoms. The van der Waals surface area contributed by atoms with Gasteiger partial charge in [0.25, 0.3) is 0 Å². The lowest BCUT2D eigenvalue weighted by Crippen LogP contribution is -2.42. The van der Waals surface area contributed by atoms with Crippen LogP contribution in [0.3, 0.4) is 0 Å². The van der Waals surface area contributed by atoms with Crippen molar-refractivity contribution in [2.24, 2.45) is 0 Å². The molecule has 7 heteroatoms. The number of carbonyl (C=O) groups is 1. The lowest BCUT2D eigenvalue weighted by molar-refractivity contribution is -0.132. The number of pyridine rings is 1. The van der Waals surface area contributed by atoms with Gasteiger partial charge in [0.2, 0.25) is 5.91 Å². The Bertz CT molecular complexity index is 1390. The molecule has 184 valence electrons. The molecule has 0 bridgehead atoms. The maximum absolute atomic E-state index is 12.5. The standard InChI is InChI=1S/C28H36N6O/c1-17(2)26-23-15-21(20-11-13-33(14-12-20)25(35)16-32(5)6)8-10-24(23)30-27(26)22-9-7-18(3)34-28(22)29-19(4)31-34/h7-10,15,17,20,30H,11-14,16H2,1-6H3. The van der Waals surface area contributed by atoms with E-state index in [4.69, 9.17) is 4.98 Å².